The SMILES string of the molecule is CC(N)Cc1ccc(OC2CCOC3(CCOC3)C2)cc1. The molecule has 2 aliphatic rings. The molecule has 2 saturated heterocycles. The van der Waals surface area contributed by atoms with Gasteiger partial charge in [0.2, 0.25) is 0 Å². The van der Waals surface area contributed by atoms with Crippen molar-refractivity contribution in [2.45, 2.75) is 50.4 Å². The third-order valence-corrected chi connectivity index (χ3v) is 4.30. The fourth-order valence-electron chi connectivity index (χ4n) is 3.22. The van der Waals surface area contributed by atoms with Crippen molar-refractivity contribution >= 4 is 0 Å². The highest BCUT2D eigenvalue weighted by Crippen LogP contribution is 2.34. The first-order chi connectivity index (χ1) is 10.2. The van der Waals surface area contributed by atoms with Crippen LogP contribution in [-0.4, -0.2) is 37.6 Å². The summed E-state index contributed by atoms with van der Waals surface area (Å²) >= 11 is 0. The van der Waals surface area contributed by atoms with E-state index in [-0.39, 0.29) is 17.7 Å². The Morgan fingerprint density at radius 2 is 2.14 bits per heavy atom. The van der Waals surface area contributed by atoms with Crippen molar-refractivity contribution in [3.63, 3.8) is 0 Å². The lowest BCUT2D eigenvalue weighted by atomic mass is 9.91. The maximum absolute atomic E-state index is 6.14. The van der Waals surface area contributed by atoms with Crippen LogP contribution in [0.5, 0.6) is 5.75 Å². The first-order valence-electron chi connectivity index (χ1n) is 7.88. The van der Waals surface area contributed by atoms with E-state index in [1.165, 1.54) is 5.56 Å². The van der Waals surface area contributed by atoms with Crippen LogP contribution in [0.2, 0.25) is 0 Å². The van der Waals surface area contributed by atoms with E-state index in [4.69, 9.17) is 19.9 Å². The van der Waals surface area contributed by atoms with Crippen LogP contribution in [0.25, 0.3) is 0 Å². The van der Waals surface area contributed by atoms with Crippen LogP contribution in [-0.2, 0) is 15.9 Å². The highest BCUT2D eigenvalue weighted by molar-refractivity contribution is 5.28. The second-order valence-corrected chi connectivity index (χ2v) is 6.39. The quantitative estimate of drug-likeness (QED) is 0.925. The molecule has 0 aromatic heterocycles. The van der Waals surface area contributed by atoms with Gasteiger partial charge in [0, 0.05) is 31.9 Å². The molecule has 2 aliphatic heterocycles. The van der Waals surface area contributed by atoms with E-state index in [9.17, 15) is 0 Å². The van der Waals surface area contributed by atoms with Crippen LogP contribution in [0, 0.1) is 0 Å². The highest BCUT2D eigenvalue weighted by Gasteiger charge is 2.41. The Labute approximate surface area is 126 Å². The molecule has 2 N–H and O–H groups in total. The van der Waals surface area contributed by atoms with Gasteiger partial charge in [0.05, 0.1) is 18.8 Å². The van der Waals surface area contributed by atoms with Gasteiger partial charge in [-0.25, -0.2) is 0 Å². The van der Waals surface area contributed by atoms with Crippen molar-refractivity contribution in [2.75, 3.05) is 19.8 Å². The summed E-state index contributed by atoms with van der Waals surface area (Å²) in [5.74, 6) is 0.935. The van der Waals surface area contributed by atoms with Crippen LogP contribution in [0.1, 0.15) is 31.7 Å². The zero-order valence-corrected chi connectivity index (χ0v) is 12.7. The molecule has 0 aliphatic carbocycles. The average molecular weight is 291 g/mol. The molecule has 0 amide bonds. The summed E-state index contributed by atoms with van der Waals surface area (Å²) < 4.78 is 17.6. The van der Waals surface area contributed by atoms with E-state index < -0.39 is 0 Å². The zero-order chi connectivity index (χ0) is 14.7. The minimum Gasteiger partial charge on any atom is -0.490 e. The third-order valence-electron chi connectivity index (χ3n) is 4.30. The van der Waals surface area contributed by atoms with Gasteiger partial charge in [-0.05, 0) is 31.0 Å². The predicted octanol–water partition coefficient (Wildman–Crippen LogP) is 2.29. The Balaban J connectivity index is 1.58. The van der Waals surface area contributed by atoms with E-state index in [0.29, 0.717) is 6.61 Å². The molecule has 3 atom stereocenters. The molecule has 3 rings (SSSR count). The van der Waals surface area contributed by atoms with E-state index in [1.54, 1.807) is 0 Å². The van der Waals surface area contributed by atoms with Crippen LogP contribution in [0.3, 0.4) is 0 Å². The standard InChI is InChI=1S/C17H25NO3/c1-13(18)10-14-2-4-15(5-3-14)21-16-6-8-20-17(11-16)7-9-19-12-17/h2-5,13,16H,6-12,18H2,1H3. The summed E-state index contributed by atoms with van der Waals surface area (Å²) in [5, 5.41) is 0. The van der Waals surface area contributed by atoms with Gasteiger partial charge in [-0.15, -0.1) is 0 Å². The first kappa shape index (κ1) is 14.8. The second kappa shape index (κ2) is 6.34. The summed E-state index contributed by atoms with van der Waals surface area (Å²) in [7, 11) is 0. The van der Waals surface area contributed by atoms with Crippen molar-refractivity contribution in [3.05, 3.63) is 29.8 Å². The van der Waals surface area contributed by atoms with Gasteiger partial charge in [0.1, 0.15) is 11.9 Å². The topological polar surface area (TPSA) is 53.7 Å². The molecule has 0 bridgehead atoms. The normalized spacial score (nSPS) is 30.5. The van der Waals surface area contributed by atoms with Gasteiger partial charge in [-0.3, -0.25) is 0 Å². The summed E-state index contributed by atoms with van der Waals surface area (Å²) in [6.45, 7) is 4.30. The summed E-state index contributed by atoms with van der Waals surface area (Å²) in [5.41, 5.74) is 6.98. The molecule has 2 fully saturated rings. The van der Waals surface area contributed by atoms with Crippen LogP contribution < -0.4 is 10.5 Å². The largest absolute Gasteiger partial charge is 0.490 e. The molecule has 1 spiro atoms. The summed E-state index contributed by atoms with van der Waals surface area (Å²) in [6, 6.07) is 8.49. The summed E-state index contributed by atoms with van der Waals surface area (Å²) in [6.07, 6.45) is 3.98. The lowest BCUT2D eigenvalue weighted by Gasteiger charge is -2.37. The zero-order valence-electron chi connectivity index (χ0n) is 12.7. The maximum atomic E-state index is 6.14. The average Bonchev–Trinajstić information content (AvgIpc) is 2.88. The van der Waals surface area contributed by atoms with Gasteiger partial charge in [-0.2, -0.15) is 0 Å². The molecule has 21 heavy (non-hydrogen) atoms. The molecule has 116 valence electrons. The number of rotatable bonds is 4. The Bertz CT molecular complexity index is 452. The van der Waals surface area contributed by atoms with Crippen molar-refractivity contribution < 1.29 is 14.2 Å². The Kier molecular flexibility index (Phi) is 4.48. The van der Waals surface area contributed by atoms with Crippen LogP contribution >= 0.6 is 0 Å². The molecule has 1 aromatic rings. The van der Waals surface area contributed by atoms with Crippen molar-refractivity contribution in [2.24, 2.45) is 5.73 Å². The Hall–Kier alpha value is -1.10. The molecular formula is C17H25NO3. The molecule has 3 unspecified atom stereocenters. The second-order valence-electron chi connectivity index (χ2n) is 6.39. The molecule has 4 heteroatoms. The molecule has 4 nitrogen and oxygen atoms in total. The Morgan fingerprint density at radius 3 is 2.81 bits per heavy atom. The number of benzene rings is 1. The fraction of sp³-hybridized carbons (Fsp3) is 0.647. The van der Waals surface area contributed by atoms with Gasteiger partial charge >= 0.3 is 0 Å². The minimum absolute atomic E-state index is 0.0994. The van der Waals surface area contributed by atoms with Crippen molar-refractivity contribution in [1.29, 1.82) is 0 Å². The summed E-state index contributed by atoms with van der Waals surface area (Å²) in [4.78, 5) is 0. The predicted molar refractivity (Wildman–Crippen MR) is 81.6 cm³/mol. The van der Waals surface area contributed by atoms with Crippen molar-refractivity contribution in [3.8, 4) is 5.75 Å². The van der Waals surface area contributed by atoms with Gasteiger partial charge in [0.25, 0.3) is 0 Å². The lowest BCUT2D eigenvalue weighted by Crippen LogP contribution is -2.44. The lowest BCUT2D eigenvalue weighted by molar-refractivity contribution is -0.112. The van der Waals surface area contributed by atoms with Crippen LogP contribution in [0.4, 0.5) is 0 Å². The number of hydrogen-bond donors (Lipinski definition) is 1. The molecule has 0 radical (unpaired) electrons. The van der Waals surface area contributed by atoms with E-state index in [2.05, 4.69) is 12.1 Å². The molecular weight excluding hydrogens is 266 g/mol. The van der Waals surface area contributed by atoms with E-state index >= 15 is 0 Å². The highest BCUT2D eigenvalue weighted by atomic mass is 16.6. The maximum Gasteiger partial charge on any atom is 0.119 e. The number of nitrogens with two attached hydrogens (primary N) is 1. The molecule has 1 aromatic carbocycles. The van der Waals surface area contributed by atoms with E-state index in [0.717, 1.165) is 44.6 Å². The Morgan fingerprint density at radius 1 is 1.33 bits per heavy atom. The first-order valence-corrected chi connectivity index (χ1v) is 7.88. The monoisotopic (exact) mass is 291 g/mol. The van der Waals surface area contributed by atoms with Gasteiger partial charge < -0.3 is 19.9 Å². The van der Waals surface area contributed by atoms with Crippen LogP contribution in [0.15, 0.2) is 24.3 Å². The van der Waals surface area contributed by atoms with Gasteiger partial charge in [0.15, 0.2) is 0 Å². The number of ether oxygens (including phenoxy) is 3. The fourth-order valence-corrected chi connectivity index (χ4v) is 3.22. The van der Waals surface area contributed by atoms with Gasteiger partial charge in [-0.1, -0.05) is 12.1 Å². The minimum atomic E-state index is -0.0994. The molecule has 0 saturated carbocycles. The van der Waals surface area contributed by atoms with E-state index in [1.807, 2.05) is 19.1 Å². The molecule has 2 heterocycles. The number of hydrogen-bond acceptors (Lipinski definition) is 4. The smallest absolute Gasteiger partial charge is 0.119 e. The van der Waals surface area contributed by atoms with Crippen molar-refractivity contribution in [1.82, 2.24) is 0 Å². The third kappa shape index (κ3) is 3.76.